The number of hydrogen-bond donors (Lipinski definition) is 2. The number of rotatable bonds is 4. The van der Waals surface area contributed by atoms with Gasteiger partial charge in [0.05, 0.1) is 11.9 Å². The molecule has 0 aliphatic carbocycles. The Kier molecular flexibility index (Phi) is 4.27. The summed E-state index contributed by atoms with van der Waals surface area (Å²) in [5.41, 5.74) is 2.89. The van der Waals surface area contributed by atoms with Crippen LogP contribution in [0, 0.1) is 5.41 Å². The van der Waals surface area contributed by atoms with Crippen molar-refractivity contribution >= 4 is 27.4 Å². The van der Waals surface area contributed by atoms with E-state index in [2.05, 4.69) is 55.0 Å². The summed E-state index contributed by atoms with van der Waals surface area (Å²) >= 11 is 1.61. The van der Waals surface area contributed by atoms with Gasteiger partial charge >= 0.3 is 0 Å². The van der Waals surface area contributed by atoms with E-state index in [0.717, 1.165) is 16.0 Å². The number of nitrogens with zero attached hydrogens (tertiary/aromatic N) is 3. The van der Waals surface area contributed by atoms with Crippen molar-refractivity contribution in [3.8, 4) is 0 Å². The average molecular weight is 293 g/mol. The lowest BCUT2D eigenvalue weighted by Gasteiger charge is -2.34. The van der Waals surface area contributed by atoms with Crippen molar-refractivity contribution in [1.29, 1.82) is 0 Å². The van der Waals surface area contributed by atoms with Crippen LogP contribution in [0.3, 0.4) is 0 Å². The number of hydrazine groups is 1. The van der Waals surface area contributed by atoms with Crippen molar-refractivity contribution in [3.05, 3.63) is 17.3 Å². The monoisotopic (exact) mass is 293 g/mol. The van der Waals surface area contributed by atoms with Crippen LogP contribution in [0.1, 0.15) is 33.5 Å². The summed E-state index contributed by atoms with van der Waals surface area (Å²) in [5, 5.41) is 2.98. The maximum Gasteiger partial charge on any atom is 0.152 e. The molecule has 2 rings (SSSR count). The van der Waals surface area contributed by atoms with Gasteiger partial charge in [0.2, 0.25) is 0 Å². The largest absolute Gasteiger partial charge is 0.308 e. The van der Waals surface area contributed by atoms with Gasteiger partial charge in [-0.3, -0.25) is 4.90 Å². The first kappa shape index (κ1) is 15.2. The molecule has 5 nitrogen and oxygen atoms in total. The fourth-order valence-corrected chi connectivity index (χ4v) is 2.88. The molecule has 0 aliphatic heterocycles. The minimum absolute atomic E-state index is 0.219. The highest BCUT2D eigenvalue weighted by molar-refractivity contribution is 7.16. The lowest BCUT2D eigenvalue weighted by Crippen LogP contribution is -2.39. The van der Waals surface area contributed by atoms with Gasteiger partial charge in [-0.25, -0.2) is 15.8 Å². The summed E-state index contributed by atoms with van der Waals surface area (Å²) < 4.78 is 0. The van der Waals surface area contributed by atoms with Crippen molar-refractivity contribution in [2.24, 2.45) is 11.3 Å². The number of anilines is 1. The third-order valence-corrected chi connectivity index (χ3v) is 4.62. The highest BCUT2D eigenvalue weighted by Crippen LogP contribution is 2.26. The van der Waals surface area contributed by atoms with Gasteiger partial charge in [0.15, 0.2) is 5.82 Å². The smallest absolute Gasteiger partial charge is 0.152 e. The summed E-state index contributed by atoms with van der Waals surface area (Å²) in [6.07, 6.45) is 0. The Labute approximate surface area is 124 Å². The molecule has 0 amide bonds. The molecule has 2 aromatic rings. The Morgan fingerprint density at radius 3 is 2.70 bits per heavy atom. The third-order valence-electron chi connectivity index (χ3n) is 3.81. The molecule has 0 saturated carbocycles. The summed E-state index contributed by atoms with van der Waals surface area (Å²) in [6.45, 7) is 9.66. The maximum atomic E-state index is 5.55. The van der Waals surface area contributed by atoms with Crippen LogP contribution < -0.4 is 11.3 Å². The molecule has 2 aromatic heterocycles. The molecule has 0 saturated heterocycles. The molecule has 20 heavy (non-hydrogen) atoms. The molecule has 0 spiro atoms. The van der Waals surface area contributed by atoms with E-state index in [1.165, 1.54) is 0 Å². The van der Waals surface area contributed by atoms with Crippen molar-refractivity contribution in [2.45, 2.75) is 40.3 Å². The Morgan fingerprint density at radius 1 is 1.40 bits per heavy atom. The van der Waals surface area contributed by atoms with Gasteiger partial charge < -0.3 is 5.43 Å². The summed E-state index contributed by atoms with van der Waals surface area (Å²) in [5.74, 6) is 7.05. The Hall–Kier alpha value is -1.24. The fraction of sp³-hybridized carbons (Fsp3) is 0.571. The first-order valence-electron chi connectivity index (χ1n) is 6.74. The molecule has 0 radical (unpaired) electrons. The first-order chi connectivity index (χ1) is 9.32. The zero-order chi connectivity index (χ0) is 14.9. The van der Waals surface area contributed by atoms with Crippen LogP contribution in [0.4, 0.5) is 5.82 Å². The Morgan fingerprint density at radius 2 is 2.10 bits per heavy atom. The van der Waals surface area contributed by atoms with E-state index < -0.39 is 0 Å². The minimum Gasteiger partial charge on any atom is -0.308 e. The molecule has 0 aromatic carbocycles. The molecule has 110 valence electrons. The van der Waals surface area contributed by atoms with Gasteiger partial charge in [-0.15, -0.1) is 11.3 Å². The van der Waals surface area contributed by atoms with Gasteiger partial charge in [-0.05, 0) is 30.8 Å². The molecular weight excluding hydrogens is 270 g/mol. The van der Waals surface area contributed by atoms with Crippen molar-refractivity contribution in [2.75, 3.05) is 12.5 Å². The van der Waals surface area contributed by atoms with Crippen LogP contribution in [-0.2, 0) is 6.54 Å². The van der Waals surface area contributed by atoms with Crippen LogP contribution in [0.5, 0.6) is 0 Å². The number of nitrogens with one attached hydrogen (secondary N) is 1. The van der Waals surface area contributed by atoms with Gasteiger partial charge in [-0.2, -0.15) is 0 Å². The normalized spacial score (nSPS) is 13.9. The zero-order valence-corrected chi connectivity index (χ0v) is 13.6. The van der Waals surface area contributed by atoms with Crippen molar-refractivity contribution in [1.82, 2.24) is 14.9 Å². The Bertz CT molecular complexity index is 587. The highest BCUT2D eigenvalue weighted by atomic mass is 32.1. The molecule has 1 unspecified atom stereocenters. The van der Waals surface area contributed by atoms with E-state index in [1.54, 1.807) is 11.3 Å². The topological polar surface area (TPSA) is 67.1 Å². The standard InChI is InChI=1S/C14H23N5S/c1-9(14(2,3)4)19(5)8-11-16-12(18-15)10-6-7-20-13(10)17-11/h6-7,9H,8,15H2,1-5H3,(H,16,17,18). The van der Waals surface area contributed by atoms with Crippen LogP contribution >= 0.6 is 11.3 Å². The van der Waals surface area contributed by atoms with E-state index in [9.17, 15) is 0 Å². The molecule has 2 heterocycles. The summed E-state index contributed by atoms with van der Waals surface area (Å²) in [6, 6.07) is 2.42. The van der Waals surface area contributed by atoms with E-state index in [4.69, 9.17) is 5.84 Å². The lowest BCUT2D eigenvalue weighted by atomic mass is 9.87. The number of thiophene rings is 1. The highest BCUT2D eigenvalue weighted by Gasteiger charge is 2.24. The Balaban J connectivity index is 2.25. The number of nitrogens with two attached hydrogens (primary N) is 1. The molecular formula is C14H23N5S. The van der Waals surface area contributed by atoms with Crippen LogP contribution in [-0.4, -0.2) is 28.0 Å². The molecule has 0 aliphatic rings. The fourth-order valence-electron chi connectivity index (χ4n) is 2.10. The predicted octanol–water partition coefficient (Wildman–Crippen LogP) is 2.84. The van der Waals surface area contributed by atoms with Crippen LogP contribution in [0.2, 0.25) is 0 Å². The van der Waals surface area contributed by atoms with Crippen LogP contribution in [0.25, 0.3) is 10.2 Å². The van der Waals surface area contributed by atoms with Gasteiger partial charge in [0, 0.05) is 6.04 Å². The van der Waals surface area contributed by atoms with Crippen molar-refractivity contribution in [3.63, 3.8) is 0 Å². The molecule has 1 atom stereocenters. The molecule has 0 bridgehead atoms. The number of fused-ring (bicyclic) bond motifs is 1. The second-order valence-corrected chi connectivity index (χ2v) is 7.12. The molecule has 0 fully saturated rings. The summed E-state index contributed by atoms with van der Waals surface area (Å²) in [7, 11) is 2.10. The second-order valence-electron chi connectivity index (χ2n) is 6.23. The van der Waals surface area contributed by atoms with Gasteiger partial charge in [-0.1, -0.05) is 20.8 Å². The maximum absolute atomic E-state index is 5.55. The second kappa shape index (κ2) is 5.63. The van der Waals surface area contributed by atoms with Gasteiger partial charge in [0.25, 0.3) is 0 Å². The lowest BCUT2D eigenvalue weighted by molar-refractivity contribution is 0.132. The SMILES string of the molecule is CC(N(C)Cc1nc(NN)c2ccsc2n1)C(C)(C)C. The number of aromatic nitrogens is 2. The van der Waals surface area contributed by atoms with E-state index in [0.29, 0.717) is 18.4 Å². The predicted molar refractivity (Wildman–Crippen MR) is 85.6 cm³/mol. The first-order valence-corrected chi connectivity index (χ1v) is 7.62. The minimum atomic E-state index is 0.219. The van der Waals surface area contributed by atoms with E-state index in [-0.39, 0.29) is 5.41 Å². The third kappa shape index (κ3) is 3.08. The molecule has 6 heteroatoms. The van der Waals surface area contributed by atoms with Crippen LogP contribution in [0.15, 0.2) is 11.4 Å². The average Bonchev–Trinajstić information content (AvgIpc) is 2.83. The number of nitrogen functional groups attached to an aromatic ring is 1. The number of hydrogen-bond acceptors (Lipinski definition) is 6. The summed E-state index contributed by atoms with van der Waals surface area (Å²) in [4.78, 5) is 12.4. The van der Waals surface area contributed by atoms with Crippen molar-refractivity contribution < 1.29 is 0 Å². The van der Waals surface area contributed by atoms with Gasteiger partial charge in [0.1, 0.15) is 10.7 Å². The van der Waals surface area contributed by atoms with E-state index >= 15 is 0 Å². The quantitative estimate of drug-likeness (QED) is 0.670. The zero-order valence-electron chi connectivity index (χ0n) is 12.8. The van der Waals surface area contributed by atoms with E-state index in [1.807, 2.05) is 11.4 Å². The molecule has 3 N–H and O–H groups in total.